The maximum atomic E-state index is 12.2. The maximum Gasteiger partial charge on any atom is 0.573 e. The number of rotatable bonds is 9. The molecule has 1 unspecified atom stereocenters. The smallest absolute Gasteiger partial charge is 0.494 e. The molecule has 0 aliphatic carbocycles. The molecule has 0 radical (unpaired) electrons. The number of hydrogen-bond donors (Lipinski definition) is 1. The van der Waals surface area contributed by atoms with Gasteiger partial charge in [0.2, 0.25) is 5.91 Å². The lowest BCUT2D eigenvalue weighted by molar-refractivity contribution is -0.274. The monoisotopic (exact) mass is 409 g/mol. The highest BCUT2D eigenvalue weighted by Gasteiger charge is 2.31. The van der Waals surface area contributed by atoms with Gasteiger partial charge in [-0.25, -0.2) is 0 Å². The Morgan fingerprint density at radius 1 is 0.966 bits per heavy atom. The van der Waals surface area contributed by atoms with Crippen molar-refractivity contribution < 1.29 is 32.2 Å². The van der Waals surface area contributed by atoms with Crippen LogP contribution in [0.25, 0.3) is 0 Å². The minimum atomic E-state index is -4.75. The Morgan fingerprint density at radius 3 is 2.10 bits per heavy atom. The second-order valence-electron chi connectivity index (χ2n) is 6.29. The summed E-state index contributed by atoms with van der Waals surface area (Å²) in [7, 11) is 0. The summed E-state index contributed by atoms with van der Waals surface area (Å²) in [5.41, 5.74) is 1.11. The summed E-state index contributed by atoms with van der Waals surface area (Å²) in [5.74, 6) is -0.153. The number of ketones is 1. The molecule has 8 heteroatoms. The van der Waals surface area contributed by atoms with Crippen LogP contribution in [0.2, 0.25) is 0 Å². The van der Waals surface area contributed by atoms with Crippen molar-refractivity contribution in [3.8, 4) is 11.5 Å². The summed E-state index contributed by atoms with van der Waals surface area (Å²) in [5, 5.41) is 2.72. The summed E-state index contributed by atoms with van der Waals surface area (Å²) in [6.07, 6.45) is -4.70. The first-order valence-corrected chi connectivity index (χ1v) is 9.09. The van der Waals surface area contributed by atoms with E-state index in [0.717, 1.165) is 0 Å². The molecule has 0 fully saturated rings. The quantitative estimate of drug-likeness (QED) is 0.603. The van der Waals surface area contributed by atoms with Crippen molar-refractivity contribution in [1.82, 2.24) is 5.32 Å². The van der Waals surface area contributed by atoms with Gasteiger partial charge >= 0.3 is 6.36 Å². The lowest BCUT2D eigenvalue weighted by Crippen LogP contribution is -2.27. The number of carbonyl (C=O) groups excluding carboxylic acids is 2. The number of alkyl halides is 3. The Hall–Kier alpha value is -3.03. The van der Waals surface area contributed by atoms with E-state index in [1.165, 1.54) is 24.3 Å². The first kappa shape index (κ1) is 22.3. The van der Waals surface area contributed by atoms with Gasteiger partial charge in [0, 0.05) is 18.4 Å². The second-order valence-corrected chi connectivity index (χ2v) is 6.29. The fourth-order valence-electron chi connectivity index (χ4n) is 2.63. The van der Waals surface area contributed by atoms with Crippen LogP contribution in [0.5, 0.6) is 11.5 Å². The van der Waals surface area contributed by atoms with E-state index in [0.29, 0.717) is 23.5 Å². The highest BCUT2D eigenvalue weighted by Crippen LogP contribution is 2.24. The van der Waals surface area contributed by atoms with Crippen LogP contribution in [0.3, 0.4) is 0 Å². The molecule has 0 heterocycles. The Labute approximate surface area is 166 Å². The van der Waals surface area contributed by atoms with Crippen molar-refractivity contribution in [3.05, 3.63) is 59.7 Å². The van der Waals surface area contributed by atoms with Gasteiger partial charge in [0.25, 0.3) is 0 Å². The van der Waals surface area contributed by atoms with Crippen LogP contribution < -0.4 is 14.8 Å². The van der Waals surface area contributed by atoms with Gasteiger partial charge in [-0.1, -0.05) is 12.1 Å². The zero-order valence-electron chi connectivity index (χ0n) is 16.1. The standard InChI is InChI=1S/C21H22F3NO4/c1-3-28-17-8-6-16(7-9-17)19(26)12-13-20(27)25-14(2)15-4-10-18(11-5-15)29-21(22,23)24/h4-11,14H,3,12-13H2,1-2H3,(H,25,27). The number of nitrogens with one attached hydrogen (secondary N) is 1. The molecule has 1 atom stereocenters. The molecule has 0 saturated carbocycles. The topological polar surface area (TPSA) is 64.6 Å². The van der Waals surface area contributed by atoms with Crippen LogP contribution in [0.15, 0.2) is 48.5 Å². The van der Waals surface area contributed by atoms with E-state index in [2.05, 4.69) is 10.1 Å². The van der Waals surface area contributed by atoms with Crippen molar-refractivity contribution >= 4 is 11.7 Å². The van der Waals surface area contributed by atoms with E-state index in [4.69, 9.17) is 4.74 Å². The average molecular weight is 409 g/mol. The van der Waals surface area contributed by atoms with E-state index >= 15 is 0 Å². The number of benzene rings is 2. The van der Waals surface area contributed by atoms with E-state index in [1.54, 1.807) is 31.2 Å². The molecule has 0 bridgehead atoms. The highest BCUT2D eigenvalue weighted by atomic mass is 19.4. The number of amides is 1. The molecule has 156 valence electrons. The Balaban J connectivity index is 1.82. The van der Waals surface area contributed by atoms with Crippen LogP contribution in [0.4, 0.5) is 13.2 Å². The van der Waals surface area contributed by atoms with E-state index < -0.39 is 12.4 Å². The maximum absolute atomic E-state index is 12.2. The fourth-order valence-corrected chi connectivity index (χ4v) is 2.63. The van der Waals surface area contributed by atoms with Gasteiger partial charge in [-0.3, -0.25) is 9.59 Å². The molecule has 0 aliphatic rings. The summed E-state index contributed by atoms with van der Waals surface area (Å²) >= 11 is 0. The fraction of sp³-hybridized carbons (Fsp3) is 0.333. The summed E-state index contributed by atoms with van der Waals surface area (Å²) in [6, 6.07) is 11.5. The van der Waals surface area contributed by atoms with Gasteiger partial charge in [-0.2, -0.15) is 0 Å². The first-order valence-electron chi connectivity index (χ1n) is 9.09. The first-order chi connectivity index (χ1) is 13.7. The average Bonchev–Trinajstić information content (AvgIpc) is 2.66. The van der Waals surface area contributed by atoms with Crippen molar-refractivity contribution in [2.24, 2.45) is 0 Å². The Morgan fingerprint density at radius 2 is 1.55 bits per heavy atom. The summed E-state index contributed by atoms with van der Waals surface area (Å²) < 4.78 is 45.7. The van der Waals surface area contributed by atoms with Gasteiger partial charge in [0.1, 0.15) is 11.5 Å². The molecule has 0 aliphatic heterocycles. The molecule has 1 amide bonds. The van der Waals surface area contributed by atoms with Crippen molar-refractivity contribution in [3.63, 3.8) is 0 Å². The number of hydrogen-bond acceptors (Lipinski definition) is 4. The largest absolute Gasteiger partial charge is 0.573 e. The Bertz CT molecular complexity index is 817. The van der Waals surface area contributed by atoms with Crippen LogP contribution in [0, 0.1) is 0 Å². The summed E-state index contributed by atoms with van der Waals surface area (Å²) in [6.45, 7) is 4.10. The SMILES string of the molecule is CCOc1ccc(C(=O)CCC(=O)NC(C)c2ccc(OC(F)(F)F)cc2)cc1. The summed E-state index contributed by atoms with van der Waals surface area (Å²) in [4.78, 5) is 24.3. The Kier molecular flexibility index (Phi) is 7.64. The molecule has 1 N–H and O–H groups in total. The third kappa shape index (κ3) is 7.48. The van der Waals surface area contributed by atoms with Gasteiger partial charge in [0.15, 0.2) is 5.78 Å². The molecular weight excluding hydrogens is 387 g/mol. The second kappa shape index (κ2) is 9.95. The van der Waals surface area contributed by atoms with Crippen LogP contribution in [-0.4, -0.2) is 24.7 Å². The number of halogens is 3. The van der Waals surface area contributed by atoms with Crippen molar-refractivity contribution in [2.75, 3.05) is 6.61 Å². The zero-order chi connectivity index (χ0) is 21.4. The van der Waals surface area contributed by atoms with Crippen LogP contribution in [0.1, 0.15) is 48.7 Å². The molecule has 2 aromatic carbocycles. The molecule has 2 rings (SSSR count). The van der Waals surface area contributed by atoms with Gasteiger partial charge < -0.3 is 14.8 Å². The van der Waals surface area contributed by atoms with E-state index in [1.807, 2.05) is 6.92 Å². The molecule has 5 nitrogen and oxygen atoms in total. The van der Waals surface area contributed by atoms with E-state index in [-0.39, 0.29) is 30.3 Å². The lowest BCUT2D eigenvalue weighted by Gasteiger charge is -2.15. The van der Waals surface area contributed by atoms with E-state index in [9.17, 15) is 22.8 Å². The lowest BCUT2D eigenvalue weighted by atomic mass is 10.1. The van der Waals surface area contributed by atoms with Crippen LogP contribution >= 0.6 is 0 Å². The molecule has 29 heavy (non-hydrogen) atoms. The van der Waals surface area contributed by atoms with Gasteiger partial charge in [0.05, 0.1) is 12.6 Å². The minimum Gasteiger partial charge on any atom is -0.494 e. The van der Waals surface area contributed by atoms with Gasteiger partial charge in [-0.05, 0) is 55.8 Å². The van der Waals surface area contributed by atoms with Crippen molar-refractivity contribution in [1.29, 1.82) is 0 Å². The molecule has 0 spiro atoms. The molecule has 0 saturated heterocycles. The molecule has 0 aromatic heterocycles. The molecule has 2 aromatic rings. The minimum absolute atomic E-state index is 0.00561. The third-order valence-corrected chi connectivity index (χ3v) is 4.06. The predicted octanol–water partition coefficient (Wildman–Crippen LogP) is 4.82. The highest BCUT2D eigenvalue weighted by molar-refractivity contribution is 5.98. The number of carbonyl (C=O) groups is 2. The normalized spacial score (nSPS) is 12.2. The zero-order valence-corrected chi connectivity index (χ0v) is 16.1. The number of ether oxygens (including phenoxy) is 2. The molecular formula is C21H22F3NO4. The predicted molar refractivity (Wildman–Crippen MR) is 101 cm³/mol. The van der Waals surface area contributed by atoms with Gasteiger partial charge in [-0.15, -0.1) is 13.2 Å². The number of Topliss-reactive ketones (excluding diaryl/α,β-unsaturated/α-hetero) is 1. The van der Waals surface area contributed by atoms with Crippen molar-refractivity contribution in [2.45, 2.75) is 39.1 Å². The third-order valence-electron chi connectivity index (χ3n) is 4.06. The van der Waals surface area contributed by atoms with Crippen LogP contribution in [-0.2, 0) is 4.79 Å².